The lowest BCUT2D eigenvalue weighted by Gasteiger charge is -2.54. The minimum atomic E-state index is 0.0537. The fourth-order valence-corrected chi connectivity index (χ4v) is 7.55. The molecule has 1 atom stereocenters. The van der Waals surface area contributed by atoms with Crippen LogP contribution < -0.4 is 10.1 Å². The van der Waals surface area contributed by atoms with Gasteiger partial charge in [0.25, 0.3) is 0 Å². The van der Waals surface area contributed by atoms with Gasteiger partial charge >= 0.3 is 0 Å². The summed E-state index contributed by atoms with van der Waals surface area (Å²) in [7, 11) is 0. The normalized spacial score (nSPS) is 35.5. The average Bonchev–Trinajstić information content (AvgIpc) is 3.35. The van der Waals surface area contributed by atoms with E-state index in [9.17, 15) is 5.26 Å². The standard InChI is InChI=1S/C24H35N5OS/c1-24(2,3)20-13-29(12-19-5-4-6-30-19)23(31-20)28-22(26-14-25)27-21-17-8-15-7-16(10-17)11-18(21)9-15/h13,15-19,21H,4-12H2,1-3H3,(H,26,27)/b28-23-/t15?,16?,17?,18?,19-,21?/m1/s1. The molecule has 6 rings (SSSR count). The Morgan fingerprint density at radius 1 is 1.23 bits per heavy atom. The Morgan fingerprint density at radius 3 is 2.52 bits per heavy atom. The van der Waals surface area contributed by atoms with Crippen LogP contribution in [0.25, 0.3) is 0 Å². The number of nitrogens with zero attached hydrogens (tertiary/aromatic N) is 4. The average molecular weight is 442 g/mol. The van der Waals surface area contributed by atoms with E-state index in [4.69, 9.17) is 9.73 Å². The van der Waals surface area contributed by atoms with Gasteiger partial charge < -0.3 is 14.6 Å². The van der Waals surface area contributed by atoms with Crippen LogP contribution in [0.2, 0.25) is 0 Å². The Balaban J connectivity index is 1.43. The molecule has 1 aromatic rings. The van der Waals surface area contributed by atoms with E-state index in [1.807, 2.05) is 6.19 Å². The van der Waals surface area contributed by atoms with Gasteiger partial charge in [0.2, 0.25) is 12.2 Å². The summed E-state index contributed by atoms with van der Waals surface area (Å²) in [6.07, 6.45) is 13.4. The zero-order valence-electron chi connectivity index (χ0n) is 19.0. The van der Waals surface area contributed by atoms with E-state index in [-0.39, 0.29) is 11.5 Å². The van der Waals surface area contributed by atoms with E-state index < -0.39 is 0 Å². The first-order valence-corrected chi connectivity index (χ1v) is 12.8. The van der Waals surface area contributed by atoms with Gasteiger partial charge in [-0.15, -0.1) is 16.3 Å². The van der Waals surface area contributed by atoms with Gasteiger partial charge in [0.1, 0.15) is 0 Å². The molecular formula is C24H35N5OS. The van der Waals surface area contributed by atoms with Crippen molar-refractivity contribution in [1.82, 2.24) is 9.88 Å². The van der Waals surface area contributed by atoms with Gasteiger partial charge in [-0.05, 0) is 74.0 Å². The highest BCUT2D eigenvalue weighted by atomic mass is 32.1. The molecule has 2 heterocycles. The summed E-state index contributed by atoms with van der Waals surface area (Å²) in [6.45, 7) is 8.36. The number of hydrogen-bond acceptors (Lipinski definition) is 4. The monoisotopic (exact) mass is 441 g/mol. The molecule has 4 aliphatic carbocycles. The Labute approximate surface area is 189 Å². The first-order valence-electron chi connectivity index (χ1n) is 12.0. The van der Waals surface area contributed by atoms with Gasteiger partial charge in [0.05, 0.1) is 12.6 Å². The third-order valence-electron chi connectivity index (χ3n) is 7.76. The van der Waals surface area contributed by atoms with E-state index in [0.717, 1.165) is 42.6 Å². The van der Waals surface area contributed by atoms with Gasteiger partial charge in [-0.3, -0.25) is 0 Å². The van der Waals surface area contributed by atoms with Crippen LogP contribution in [0.5, 0.6) is 0 Å². The Hall–Kier alpha value is -1.65. The summed E-state index contributed by atoms with van der Waals surface area (Å²) >= 11 is 1.71. The molecule has 6 nitrogen and oxygen atoms in total. The number of rotatable bonds is 3. The minimum absolute atomic E-state index is 0.0537. The van der Waals surface area contributed by atoms with Crippen molar-refractivity contribution < 1.29 is 4.74 Å². The number of aromatic nitrogens is 1. The quantitative estimate of drug-likeness (QED) is 0.434. The Kier molecular flexibility index (Phi) is 5.72. The van der Waals surface area contributed by atoms with Crippen molar-refractivity contribution in [2.45, 2.75) is 89.8 Å². The molecule has 4 bridgehead atoms. The summed E-state index contributed by atoms with van der Waals surface area (Å²) in [4.78, 5) is 11.2. The molecule has 1 N–H and O–H groups in total. The van der Waals surface area contributed by atoms with Crippen molar-refractivity contribution in [1.29, 1.82) is 5.26 Å². The smallest absolute Gasteiger partial charge is 0.236 e. The highest BCUT2D eigenvalue weighted by molar-refractivity contribution is 7.09. The van der Waals surface area contributed by atoms with E-state index in [1.54, 1.807) is 11.3 Å². The molecule has 168 valence electrons. The largest absolute Gasteiger partial charge is 0.376 e. The van der Waals surface area contributed by atoms with Crippen molar-refractivity contribution in [3.63, 3.8) is 0 Å². The number of nitrogens with one attached hydrogen (secondary N) is 1. The molecule has 31 heavy (non-hydrogen) atoms. The summed E-state index contributed by atoms with van der Waals surface area (Å²) in [5.41, 5.74) is 0.0537. The Morgan fingerprint density at radius 2 is 1.94 bits per heavy atom. The lowest BCUT2D eigenvalue weighted by atomic mass is 9.54. The lowest BCUT2D eigenvalue weighted by molar-refractivity contribution is -0.00699. The van der Waals surface area contributed by atoms with Crippen LogP contribution in [0, 0.1) is 35.1 Å². The molecule has 0 aromatic carbocycles. The first-order chi connectivity index (χ1) is 14.9. The maximum Gasteiger partial charge on any atom is 0.236 e. The third kappa shape index (κ3) is 4.47. The fourth-order valence-electron chi connectivity index (χ4n) is 6.49. The molecule has 7 heteroatoms. The lowest BCUT2D eigenvalue weighted by Crippen LogP contribution is -2.55. The molecule has 0 radical (unpaired) electrons. The molecule has 4 saturated carbocycles. The first kappa shape index (κ1) is 21.2. The maximum absolute atomic E-state index is 9.37. The molecule has 1 saturated heterocycles. The zero-order valence-corrected chi connectivity index (χ0v) is 19.8. The highest BCUT2D eigenvalue weighted by Crippen LogP contribution is 2.53. The van der Waals surface area contributed by atoms with Crippen molar-refractivity contribution >= 4 is 17.3 Å². The summed E-state index contributed by atoms with van der Waals surface area (Å²) in [6, 6.07) is 0.414. The van der Waals surface area contributed by atoms with E-state index in [0.29, 0.717) is 23.8 Å². The van der Waals surface area contributed by atoms with Crippen LogP contribution in [-0.2, 0) is 16.7 Å². The second-order valence-electron chi connectivity index (χ2n) is 11.2. The zero-order chi connectivity index (χ0) is 21.6. The van der Waals surface area contributed by atoms with E-state index in [1.165, 1.54) is 37.0 Å². The van der Waals surface area contributed by atoms with Crippen molar-refractivity contribution in [2.24, 2.45) is 33.7 Å². The molecule has 0 amide bonds. The van der Waals surface area contributed by atoms with E-state index in [2.05, 4.69) is 41.8 Å². The second kappa shape index (κ2) is 8.37. The number of aliphatic imine (C=N–C) groups is 1. The number of guanidine groups is 1. The number of thiazole rings is 1. The number of ether oxygens (including phenoxy) is 1. The van der Waals surface area contributed by atoms with Crippen molar-refractivity contribution in [2.75, 3.05) is 6.61 Å². The predicted octanol–water partition coefficient (Wildman–Crippen LogP) is 4.18. The van der Waals surface area contributed by atoms with Gasteiger partial charge in [0, 0.05) is 23.7 Å². The molecular weight excluding hydrogens is 406 g/mol. The molecule has 5 fully saturated rings. The van der Waals surface area contributed by atoms with Crippen LogP contribution in [0.4, 0.5) is 0 Å². The molecule has 0 spiro atoms. The third-order valence-corrected chi connectivity index (χ3v) is 9.21. The van der Waals surface area contributed by atoms with Gasteiger partial charge in [-0.25, -0.2) is 0 Å². The predicted molar refractivity (Wildman–Crippen MR) is 123 cm³/mol. The summed E-state index contributed by atoms with van der Waals surface area (Å²) in [5.74, 6) is 3.76. The van der Waals surface area contributed by atoms with Crippen LogP contribution >= 0.6 is 11.3 Å². The second-order valence-corrected chi connectivity index (χ2v) is 12.2. The molecule has 0 unspecified atom stereocenters. The van der Waals surface area contributed by atoms with Crippen LogP contribution in [0.3, 0.4) is 0 Å². The molecule has 5 aliphatic rings. The highest BCUT2D eigenvalue weighted by Gasteiger charge is 2.48. The molecule has 1 aliphatic heterocycles. The van der Waals surface area contributed by atoms with Gasteiger partial charge in [-0.2, -0.15) is 10.3 Å². The number of nitriles is 1. The molecule has 1 aromatic heterocycles. The van der Waals surface area contributed by atoms with Crippen molar-refractivity contribution in [3.05, 3.63) is 15.9 Å². The van der Waals surface area contributed by atoms with Crippen LogP contribution in [0.1, 0.15) is 70.6 Å². The van der Waals surface area contributed by atoms with Gasteiger partial charge in [-0.1, -0.05) is 20.8 Å². The maximum atomic E-state index is 9.37. The topological polar surface area (TPSA) is 74.7 Å². The van der Waals surface area contributed by atoms with E-state index >= 15 is 0 Å². The van der Waals surface area contributed by atoms with Gasteiger partial charge in [0.15, 0.2) is 4.80 Å². The number of hydrogen-bond donors (Lipinski definition) is 1. The van der Waals surface area contributed by atoms with Crippen LogP contribution in [-0.4, -0.2) is 29.3 Å². The fraction of sp³-hybridized carbons (Fsp3) is 0.792. The van der Waals surface area contributed by atoms with Crippen molar-refractivity contribution in [3.8, 4) is 6.19 Å². The summed E-state index contributed by atoms with van der Waals surface area (Å²) < 4.78 is 8.10. The summed E-state index contributed by atoms with van der Waals surface area (Å²) in [5, 5.41) is 13.0. The SMILES string of the molecule is CC(C)(C)c1cn(C[C@H]2CCCO2)/c(=N/C(=NC#N)NC2C3CC4CC(C3)CC2C4)s1. The Bertz CT molecular complexity index is 912. The minimum Gasteiger partial charge on any atom is -0.376 e. The van der Waals surface area contributed by atoms with Crippen LogP contribution in [0.15, 0.2) is 16.2 Å².